The number of thiazole rings is 1. The molecule has 0 saturated carbocycles. The van der Waals surface area contributed by atoms with E-state index >= 15 is 0 Å². The van der Waals surface area contributed by atoms with Gasteiger partial charge in [0, 0.05) is 23.8 Å². The quantitative estimate of drug-likeness (QED) is 0.792. The summed E-state index contributed by atoms with van der Waals surface area (Å²) in [6.07, 6.45) is 1.79. The molecule has 20 heavy (non-hydrogen) atoms. The Bertz CT molecular complexity index is 727. The number of methoxy groups -OCH3 is 1. The lowest BCUT2D eigenvalue weighted by molar-refractivity contribution is 0.397. The minimum Gasteiger partial charge on any atom is -0.481 e. The largest absolute Gasteiger partial charge is 0.481 e. The Kier molecular flexibility index (Phi) is 3.71. The van der Waals surface area contributed by atoms with E-state index in [-0.39, 0.29) is 0 Å². The van der Waals surface area contributed by atoms with Crippen molar-refractivity contribution in [2.45, 2.75) is 6.54 Å². The maximum Gasteiger partial charge on any atom is 0.212 e. The van der Waals surface area contributed by atoms with Gasteiger partial charge in [0.25, 0.3) is 0 Å². The molecule has 1 aromatic carbocycles. The van der Waals surface area contributed by atoms with Gasteiger partial charge < -0.3 is 10.1 Å². The van der Waals surface area contributed by atoms with E-state index in [1.165, 1.54) is 0 Å². The minimum atomic E-state index is 0.614. The van der Waals surface area contributed by atoms with Crippen LogP contribution in [0.3, 0.4) is 0 Å². The van der Waals surface area contributed by atoms with Gasteiger partial charge in [-0.05, 0) is 23.8 Å². The number of halogens is 1. The topological polar surface area (TPSA) is 47.0 Å². The standard InChI is InChI=1S/C14H12ClN3OS/c1-19-13-5-2-9(7-16-13)8-17-14-18-11-6-10(15)3-4-12(11)20-14/h2-7H,8H2,1H3,(H,17,18). The lowest BCUT2D eigenvalue weighted by Gasteiger charge is -2.03. The van der Waals surface area contributed by atoms with Crippen LogP contribution in [0.4, 0.5) is 5.13 Å². The molecule has 0 amide bonds. The van der Waals surface area contributed by atoms with Gasteiger partial charge in [-0.3, -0.25) is 0 Å². The molecule has 0 fully saturated rings. The molecule has 2 heterocycles. The monoisotopic (exact) mass is 305 g/mol. The molecule has 6 heteroatoms. The first kappa shape index (κ1) is 13.1. The van der Waals surface area contributed by atoms with Crippen LogP contribution in [-0.4, -0.2) is 17.1 Å². The summed E-state index contributed by atoms with van der Waals surface area (Å²) < 4.78 is 6.14. The molecule has 0 aliphatic heterocycles. The zero-order chi connectivity index (χ0) is 13.9. The van der Waals surface area contributed by atoms with E-state index in [9.17, 15) is 0 Å². The number of hydrogen-bond acceptors (Lipinski definition) is 5. The van der Waals surface area contributed by atoms with Crippen molar-refractivity contribution >= 4 is 38.3 Å². The molecule has 1 N–H and O–H groups in total. The molecule has 0 atom stereocenters. The minimum absolute atomic E-state index is 0.614. The van der Waals surface area contributed by atoms with E-state index in [2.05, 4.69) is 15.3 Å². The number of pyridine rings is 1. The summed E-state index contributed by atoms with van der Waals surface area (Å²) in [6, 6.07) is 9.54. The number of nitrogens with zero attached hydrogens (tertiary/aromatic N) is 2. The molecule has 0 radical (unpaired) electrons. The first-order chi connectivity index (χ1) is 9.74. The highest BCUT2D eigenvalue weighted by Crippen LogP contribution is 2.28. The van der Waals surface area contributed by atoms with Crippen molar-refractivity contribution in [1.82, 2.24) is 9.97 Å². The summed E-state index contributed by atoms with van der Waals surface area (Å²) in [4.78, 5) is 8.67. The second-order valence-corrected chi connectivity index (χ2v) is 5.66. The van der Waals surface area contributed by atoms with Crippen molar-refractivity contribution in [2.75, 3.05) is 12.4 Å². The smallest absolute Gasteiger partial charge is 0.212 e. The van der Waals surface area contributed by atoms with Crippen LogP contribution in [-0.2, 0) is 6.54 Å². The van der Waals surface area contributed by atoms with Crippen LogP contribution in [0.2, 0.25) is 5.02 Å². The number of hydrogen-bond donors (Lipinski definition) is 1. The third-order valence-electron chi connectivity index (χ3n) is 2.80. The zero-order valence-electron chi connectivity index (χ0n) is 10.8. The summed E-state index contributed by atoms with van der Waals surface area (Å²) in [6.45, 7) is 0.671. The SMILES string of the molecule is COc1ccc(CNc2nc3cc(Cl)ccc3s2)cn1. The number of benzene rings is 1. The summed E-state index contributed by atoms with van der Waals surface area (Å²) in [5.41, 5.74) is 1.99. The van der Waals surface area contributed by atoms with E-state index < -0.39 is 0 Å². The Morgan fingerprint density at radius 3 is 2.95 bits per heavy atom. The molecule has 2 aromatic heterocycles. The van der Waals surface area contributed by atoms with Crippen molar-refractivity contribution in [1.29, 1.82) is 0 Å². The Balaban J connectivity index is 1.72. The van der Waals surface area contributed by atoms with E-state index in [1.54, 1.807) is 24.6 Å². The van der Waals surface area contributed by atoms with Crippen LogP contribution < -0.4 is 10.1 Å². The van der Waals surface area contributed by atoms with E-state index in [4.69, 9.17) is 16.3 Å². The average molecular weight is 306 g/mol. The molecule has 3 rings (SSSR count). The van der Waals surface area contributed by atoms with Crippen LogP contribution in [0.15, 0.2) is 36.5 Å². The van der Waals surface area contributed by atoms with Gasteiger partial charge >= 0.3 is 0 Å². The third kappa shape index (κ3) is 2.84. The second-order valence-electron chi connectivity index (χ2n) is 4.19. The number of anilines is 1. The number of ether oxygens (including phenoxy) is 1. The fraction of sp³-hybridized carbons (Fsp3) is 0.143. The molecule has 102 valence electrons. The van der Waals surface area contributed by atoms with Gasteiger partial charge in [-0.1, -0.05) is 29.0 Å². The Hall–Kier alpha value is -1.85. The maximum absolute atomic E-state index is 5.95. The van der Waals surface area contributed by atoms with Gasteiger partial charge in [-0.2, -0.15) is 0 Å². The Labute approximate surface area is 125 Å². The number of nitrogens with one attached hydrogen (secondary N) is 1. The Morgan fingerprint density at radius 1 is 1.30 bits per heavy atom. The molecule has 0 aliphatic carbocycles. The van der Waals surface area contributed by atoms with Crippen molar-refractivity contribution in [3.63, 3.8) is 0 Å². The van der Waals surface area contributed by atoms with Crippen molar-refractivity contribution < 1.29 is 4.74 Å². The highest BCUT2D eigenvalue weighted by molar-refractivity contribution is 7.22. The lowest BCUT2D eigenvalue weighted by atomic mass is 10.3. The highest BCUT2D eigenvalue weighted by atomic mass is 35.5. The first-order valence-electron chi connectivity index (χ1n) is 6.03. The highest BCUT2D eigenvalue weighted by Gasteiger charge is 2.04. The van der Waals surface area contributed by atoms with E-state index in [0.29, 0.717) is 17.4 Å². The fourth-order valence-electron chi connectivity index (χ4n) is 1.79. The second kappa shape index (κ2) is 5.64. The maximum atomic E-state index is 5.95. The normalized spacial score (nSPS) is 10.7. The van der Waals surface area contributed by atoms with Gasteiger partial charge in [0.15, 0.2) is 5.13 Å². The molecule has 4 nitrogen and oxygen atoms in total. The van der Waals surface area contributed by atoms with Gasteiger partial charge in [0.1, 0.15) is 0 Å². The van der Waals surface area contributed by atoms with Crippen LogP contribution in [0.1, 0.15) is 5.56 Å². The van der Waals surface area contributed by atoms with Crippen molar-refractivity contribution in [2.24, 2.45) is 0 Å². The van der Waals surface area contributed by atoms with Crippen molar-refractivity contribution in [3.05, 3.63) is 47.1 Å². The fourth-order valence-corrected chi connectivity index (χ4v) is 2.80. The van der Waals surface area contributed by atoms with E-state index in [1.807, 2.05) is 30.3 Å². The number of rotatable bonds is 4. The van der Waals surface area contributed by atoms with Gasteiger partial charge in [-0.15, -0.1) is 0 Å². The summed E-state index contributed by atoms with van der Waals surface area (Å²) in [5.74, 6) is 0.614. The molecular weight excluding hydrogens is 294 g/mol. The molecule has 0 unspecified atom stereocenters. The van der Waals surface area contributed by atoms with Gasteiger partial charge in [-0.25, -0.2) is 9.97 Å². The number of aromatic nitrogens is 2. The third-order valence-corrected chi connectivity index (χ3v) is 4.03. The predicted octanol–water partition coefficient (Wildman–Crippen LogP) is 3.97. The molecule has 3 aromatic rings. The van der Waals surface area contributed by atoms with Crippen LogP contribution in [0, 0.1) is 0 Å². The van der Waals surface area contributed by atoms with Crippen LogP contribution in [0.5, 0.6) is 5.88 Å². The van der Waals surface area contributed by atoms with Gasteiger partial charge in [0.05, 0.1) is 17.3 Å². The van der Waals surface area contributed by atoms with E-state index in [0.717, 1.165) is 20.9 Å². The summed E-state index contributed by atoms with van der Waals surface area (Å²) >= 11 is 7.56. The molecule has 0 aliphatic rings. The summed E-state index contributed by atoms with van der Waals surface area (Å²) in [5, 5.41) is 4.87. The van der Waals surface area contributed by atoms with Crippen LogP contribution >= 0.6 is 22.9 Å². The molecular formula is C14H12ClN3OS. The molecule has 0 saturated heterocycles. The first-order valence-corrected chi connectivity index (χ1v) is 7.23. The van der Waals surface area contributed by atoms with Gasteiger partial charge in [0.2, 0.25) is 5.88 Å². The van der Waals surface area contributed by atoms with Crippen molar-refractivity contribution in [3.8, 4) is 5.88 Å². The lowest BCUT2D eigenvalue weighted by Crippen LogP contribution is -1.99. The average Bonchev–Trinajstić information content (AvgIpc) is 2.87. The zero-order valence-corrected chi connectivity index (χ0v) is 12.3. The summed E-state index contributed by atoms with van der Waals surface area (Å²) in [7, 11) is 1.60. The molecule has 0 spiro atoms. The molecule has 0 bridgehead atoms. The number of fused-ring (bicyclic) bond motifs is 1. The van der Waals surface area contributed by atoms with Crippen LogP contribution in [0.25, 0.3) is 10.2 Å². The Morgan fingerprint density at radius 2 is 2.20 bits per heavy atom. The predicted molar refractivity (Wildman–Crippen MR) is 82.7 cm³/mol.